The molecule has 0 fully saturated rings. The number of esters is 1. The molecule has 0 amide bonds. The summed E-state index contributed by atoms with van der Waals surface area (Å²) in [6, 6.07) is 9.58. The topological polar surface area (TPSA) is 52.3 Å². The van der Waals surface area contributed by atoms with Crippen LogP contribution in [0.2, 0.25) is 0 Å². The number of carbonyl (C=O) groups excluding carboxylic acids is 1. The summed E-state index contributed by atoms with van der Waals surface area (Å²) < 4.78 is 3.75. The van der Waals surface area contributed by atoms with Gasteiger partial charge in [-0.15, -0.1) is 0 Å². The Morgan fingerprint density at radius 3 is 2.63 bits per heavy atom. The molecule has 0 aliphatic heterocycles. The molecule has 1 aliphatic rings. The average Bonchev–Trinajstić information content (AvgIpc) is 2.38. The Balaban J connectivity index is 2.47. The number of halogens is 2. The third-order valence-corrected chi connectivity index (χ3v) is 3.99. The van der Waals surface area contributed by atoms with Crippen LogP contribution in [-0.4, -0.2) is 17.5 Å². The SMILES string of the molecule is COC(=O)[C@@H]1C=C(c2ccccc2)C(Cl)=C[C@@]1(N)Br. The third kappa shape index (κ3) is 2.91. The van der Waals surface area contributed by atoms with Crippen molar-refractivity contribution in [1.29, 1.82) is 0 Å². The van der Waals surface area contributed by atoms with Crippen molar-refractivity contribution in [2.24, 2.45) is 11.7 Å². The quantitative estimate of drug-likeness (QED) is 0.510. The Morgan fingerprint density at radius 1 is 1.42 bits per heavy atom. The van der Waals surface area contributed by atoms with Gasteiger partial charge in [0.05, 0.1) is 7.11 Å². The van der Waals surface area contributed by atoms with Crippen LogP contribution in [-0.2, 0) is 9.53 Å². The minimum Gasteiger partial charge on any atom is -0.468 e. The van der Waals surface area contributed by atoms with Gasteiger partial charge in [0, 0.05) is 5.03 Å². The standard InChI is InChI=1S/C14H13BrClNO2/c1-19-13(18)11-7-10(9-5-3-2-4-6-9)12(16)8-14(11,15)17/h2-8,11H,17H2,1H3/t11-,14-/m0/s1. The van der Waals surface area contributed by atoms with E-state index in [4.69, 9.17) is 22.1 Å². The first kappa shape index (κ1) is 14.3. The van der Waals surface area contributed by atoms with Gasteiger partial charge < -0.3 is 10.5 Å². The molecule has 2 N–H and O–H groups in total. The molecule has 0 bridgehead atoms. The molecule has 1 aromatic rings. The van der Waals surface area contributed by atoms with Gasteiger partial charge in [-0.25, -0.2) is 0 Å². The lowest BCUT2D eigenvalue weighted by molar-refractivity contribution is -0.144. The smallest absolute Gasteiger partial charge is 0.315 e. The van der Waals surface area contributed by atoms with E-state index in [9.17, 15) is 4.79 Å². The van der Waals surface area contributed by atoms with E-state index in [2.05, 4.69) is 15.9 Å². The summed E-state index contributed by atoms with van der Waals surface area (Å²) in [4.78, 5) is 11.8. The molecular formula is C14H13BrClNO2. The number of rotatable bonds is 2. The fourth-order valence-electron chi connectivity index (χ4n) is 1.96. The second kappa shape index (κ2) is 5.49. The number of benzene rings is 1. The van der Waals surface area contributed by atoms with Crippen molar-refractivity contribution in [3.05, 3.63) is 53.1 Å². The van der Waals surface area contributed by atoms with Gasteiger partial charge in [0.1, 0.15) is 10.4 Å². The molecule has 0 spiro atoms. The Kier molecular flexibility index (Phi) is 4.13. The summed E-state index contributed by atoms with van der Waals surface area (Å²) in [5.74, 6) is -1.04. The van der Waals surface area contributed by atoms with Gasteiger partial charge in [-0.1, -0.05) is 63.9 Å². The van der Waals surface area contributed by atoms with Crippen molar-refractivity contribution in [2.45, 2.75) is 4.45 Å². The molecule has 0 heterocycles. The lowest BCUT2D eigenvalue weighted by Gasteiger charge is -2.30. The summed E-state index contributed by atoms with van der Waals surface area (Å²) >= 11 is 9.56. The summed E-state index contributed by atoms with van der Waals surface area (Å²) in [6.07, 6.45) is 3.36. The minimum absolute atomic E-state index is 0.409. The molecule has 100 valence electrons. The highest BCUT2D eigenvalue weighted by Gasteiger charge is 2.39. The van der Waals surface area contributed by atoms with E-state index in [1.807, 2.05) is 30.3 Å². The van der Waals surface area contributed by atoms with Crippen molar-refractivity contribution in [2.75, 3.05) is 7.11 Å². The van der Waals surface area contributed by atoms with Crippen molar-refractivity contribution in [3.8, 4) is 0 Å². The van der Waals surface area contributed by atoms with E-state index in [0.717, 1.165) is 11.1 Å². The van der Waals surface area contributed by atoms with Gasteiger partial charge in [-0.3, -0.25) is 4.79 Å². The number of allylic oxidation sites excluding steroid dienone is 2. The molecule has 0 aromatic heterocycles. The van der Waals surface area contributed by atoms with Crippen LogP contribution in [0, 0.1) is 5.92 Å². The third-order valence-electron chi connectivity index (χ3n) is 2.96. The number of hydrogen-bond acceptors (Lipinski definition) is 3. The van der Waals surface area contributed by atoms with E-state index >= 15 is 0 Å². The number of alkyl halides is 1. The van der Waals surface area contributed by atoms with Crippen LogP contribution in [0.15, 0.2) is 47.5 Å². The molecule has 5 heteroatoms. The first-order chi connectivity index (χ1) is 8.95. The van der Waals surface area contributed by atoms with Crippen molar-refractivity contribution in [1.82, 2.24) is 0 Å². The normalized spacial score (nSPS) is 26.4. The van der Waals surface area contributed by atoms with Gasteiger partial charge in [-0.2, -0.15) is 0 Å². The summed E-state index contributed by atoms with van der Waals surface area (Å²) in [5.41, 5.74) is 7.75. The number of methoxy groups -OCH3 is 1. The number of carbonyl (C=O) groups is 1. The first-order valence-corrected chi connectivity index (χ1v) is 6.84. The second-order valence-corrected chi connectivity index (χ2v) is 6.05. The lowest BCUT2D eigenvalue weighted by Crippen LogP contribution is -2.44. The van der Waals surface area contributed by atoms with Crippen LogP contribution >= 0.6 is 27.5 Å². The zero-order valence-corrected chi connectivity index (χ0v) is 12.6. The maximum absolute atomic E-state index is 11.8. The minimum atomic E-state index is -1.03. The predicted molar refractivity (Wildman–Crippen MR) is 79.7 cm³/mol. The van der Waals surface area contributed by atoms with E-state index in [1.165, 1.54) is 7.11 Å². The largest absolute Gasteiger partial charge is 0.468 e. The average molecular weight is 343 g/mol. The van der Waals surface area contributed by atoms with Gasteiger partial charge in [0.25, 0.3) is 0 Å². The van der Waals surface area contributed by atoms with E-state index in [1.54, 1.807) is 12.2 Å². The van der Waals surface area contributed by atoms with Crippen molar-refractivity contribution < 1.29 is 9.53 Å². The van der Waals surface area contributed by atoms with Crippen LogP contribution in [0.1, 0.15) is 5.56 Å². The summed E-state index contributed by atoms with van der Waals surface area (Å²) in [5, 5.41) is 0.505. The van der Waals surface area contributed by atoms with Gasteiger partial charge in [0.15, 0.2) is 0 Å². The molecule has 0 saturated carbocycles. The molecule has 19 heavy (non-hydrogen) atoms. The van der Waals surface area contributed by atoms with Crippen molar-refractivity contribution >= 4 is 39.1 Å². The van der Waals surface area contributed by atoms with Crippen LogP contribution < -0.4 is 5.73 Å². The Hall–Kier alpha value is -1.10. The van der Waals surface area contributed by atoms with E-state index in [-0.39, 0.29) is 0 Å². The summed E-state index contributed by atoms with van der Waals surface area (Å²) in [6.45, 7) is 0. The Morgan fingerprint density at radius 2 is 2.05 bits per heavy atom. The zero-order chi connectivity index (χ0) is 14.0. The maximum atomic E-state index is 11.8. The molecular weight excluding hydrogens is 330 g/mol. The molecule has 2 atom stereocenters. The fourth-order valence-corrected chi connectivity index (χ4v) is 3.00. The highest BCUT2D eigenvalue weighted by atomic mass is 79.9. The first-order valence-electron chi connectivity index (χ1n) is 5.67. The molecule has 0 unspecified atom stereocenters. The highest BCUT2D eigenvalue weighted by molar-refractivity contribution is 9.10. The second-order valence-electron chi connectivity index (χ2n) is 4.27. The number of ether oxygens (including phenoxy) is 1. The van der Waals surface area contributed by atoms with Crippen molar-refractivity contribution in [3.63, 3.8) is 0 Å². The van der Waals surface area contributed by atoms with Crippen LogP contribution in [0.3, 0.4) is 0 Å². The van der Waals surface area contributed by atoms with Crippen LogP contribution in [0.5, 0.6) is 0 Å². The van der Waals surface area contributed by atoms with Gasteiger partial charge >= 0.3 is 5.97 Å². The van der Waals surface area contributed by atoms with Gasteiger partial charge in [-0.05, 0) is 17.2 Å². The monoisotopic (exact) mass is 341 g/mol. The number of hydrogen-bond donors (Lipinski definition) is 1. The summed E-state index contributed by atoms with van der Waals surface area (Å²) in [7, 11) is 1.33. The molecule has 0 radical (unpaired) electrons. The fraction of sp³-hybridized carbons (Fsp3) is 0.214. The number of nitrogens with two attached hydrogens (primary N) is 1. The Bertz CT molecular complexity index is 552. The van der Waals surface area contributed by atoms with E-state index < -0.39 is 16.3 Å². The molecule has 1 aliphatic carbocycles. The molecule has 0 saturated heterocycles. The Labute approximate surface area is 125 Å². The van der Waals surface area contributed by atoms with Crippen LogP contribution in [0.25, 0.3) is 5.57 Å². The zero-order valence-electron chi connectivity index (χ0n) is 10.3. The molecule has 1 aromatic carbocycles. The van der Waals surface area contributed by atoms with Gasteiger partial charge in [0.2, 0.25) is 0 Å². The highest BCUT2D eigenvalue weighted by Crippen LogP contribution is 2.40. The maximum Gasteiger partial charge on any atom is 0.315 e. The predicted octanol–water partition coefficient (Wildman–Crippen LogP) is 3.05. The molecule has 3 nitrogen and oxygen atoms in total. The van der Waals surface area contributed by atoms with Crippen LogP contribution in [0.4, 0.5) is 0 Å². The molecule has 2 rings (SSSR count). The lowest BCUT2D eigenvalue weighted by atomic mass is 9.89. The van der Waals surface area contributed by atoms with E-state index in [0.29, 0.717) is 5.03 Å².